The molecule has 2 aliphatic carbocycles. The van der Waals surface area contributed by atoms with Crippen molar-refractivity contribution in [2.24, 2.45) is 17.8 Å². The van der Waals surface area contributed by atoms with Crippen LogP contribution in [-0.4, -0.2) is 47.5 Å². The van der Waals surface area contributed by atoms with E-state index in [-0.39, 0.29) is 22.9 Å². The van der Waals surface area contributed by atoms with E-state index in [1.165, 1.54) is 13.8 Å². The predicted molar refractivity (Wildman–Crippen MR) is 123 cm³/mol. The monoisotopic (exact) mass is 528 g/mol. The molecule has 1 amide bonds. The summed E-state index contributed by atoms with van der Waals surface area (Å²) in [5.41, 5.74) is -2.51. The highest BCUT2D eigenvalue weighted by molar-refractivity contribution is 5.99. The molecular formula is C25H26F6N4O2. The number of halogens is 6. The summed E-state index contributed by atoms with van der Waals surface area (Å²) in [5, 5.41) is 5.65. The lowest BCUT2D eigenvalue weighted by Crippen LogP contribution is -2.32. The Hall–Kier alpha value is -3.02. The summed E-state index contributed by atoms with van der Waals surface area (Å²) >= 11 is 0. The number of carbonyl (C=O) groups excluding carboxylic acids is 1. The van der Waals surface area contributed by atoms with E-state index in [4.69, 9.17) is 0 Å². The molecule has 1 aromatic heterocycles. The molecule has 6 atom stereocenters. The van der Waals surface area contributed by atoms with Gasteiger partial charge in [-0.25, -0.2) is 13.2 Å². The van der Waals surface area contributed by atoms with Crippen molar-refractivity contribution in [1.82, 2.24) is 14.8 Å². The zero-order chi connectivity index (χ0) is 27.0. The Kier molecular flexibility index (Phi) is 5.89. The third kappa shape index (κ3) is 4.38. The van der Waals surface area contributed by atoms with Crippen molar-refractivity contribution in [2.45, 2.75) is 44.1 Å². The molecule has 5 rings (SSSR count). The van der Waals surface area contributed by atoms with Crippen molar-refractivity contribution >= 4 is 11.6 Å². The lowest BCUT2D eigenvalue weighted by molar-refractivity contribution is -0.140. The standard InChI is InChI=1S/C25H26F6N4O2/c1-11-22(24(11,27)28)35-10-16(18(7-19(35)36)33-21-14-8-34(3)9-15(14)21)23(37)32-12(2)13-5-4-6-17(20(13)26)25(29,30)31/h4-7,10-12,14-15,21-22,33H,8-9H2,1-3H3,(H,32,37)/t11-,12-,14-,15+,21-,22-/m1/s1. The highest BCUT2D eigenvalue weighted by atomic mass is 19.4. The molecule has 2 N–H and O–H groups in total. The fourth-order valence-electron chi connectivity index (χ4n) is 5.54. The molecular weight excluding hydrogens is 502 g/mol. The number of pyridine rings is 1. The van der Waals surface area contributed by atoms with Crippen LogP contribution in [0.1, 0.15) is 47.4 Å². The molecule has 2 aromatic rings. The Morgan fingerprint density at radius 2 is 1.81 bits per heavy atom. The number of rotatable bonds is 6. The number of hydrogen-bond donors (Lipinski definition) is 2. The highest BCUT2D eigenvalue weighted by Gasteiger charge is 2.67. The molecule has 1 aromatic carbocycles. The summed E-state index contributed by atoms with van der Waals surface area (Å²) in [6.07, 6.45) is -3.86. The molecule has 0 bridgehead atoms. The van der Waals surface area contributed by atoms with E-state index in [2.05, 4.69) is 15.5 Å². The average molecular weight is 528 g/mol. The van der Waals surface area contributed by atoms with Gasteiger partial charge in [0.25, 0.3) is 17.4 Å². The Balaban J connectivity index is 1.45. The molecule has 12 heteroatoms. The zero-order valence-corrected chi connectivity index (χ0v) is 20.2. The van der Waals surface area contributed by atoms with Crippen molar-refractivity contribution in [2.75, 3.05) is 25.5 Å². The summed E-state index contributed by atoms with van der Waals surface area (Å²) in [4.78, 5) is 28.2. The SMILES string of the molecule is C[C@@H]1[C@@H](n2cc(C(=O)N[C@H](C)c3cccc(C(F)(F)F)c3F)c(N[C@@H]3[C@@H]4CN(C)C[C@@H]43)cc2=O)C1(F)F. The van der Waals surface area contributed by atoms with Crippen molar-refractivity contribution in [3.8, 4) is 0 Å². The van der Waals surface area contributed by atoms with E-state index in [0.717, 1.165) is 42.1 Å². The minimum atomic E-state index is -4.92. The van der Waals surface area contributed by atoms with Gasteiger partial charge in [0, 0.05) is 42.9 Å². The van der Waals surface area contributed by atoms with Crippen LogP contribution in [-0.2, 0) is 6.18 Å². The summed E-state index contributed by atoms with van der Waals surface area (Å²) < 4.78 is 83.1. The predicted octanol–water partition coefficient (Wildman–Crippen LogP) is 4.30. The second kappa shape index (κ2) is 8.50. The minimum Gasteiger partial charge on any atom is -0.381 e. The van der Waals surface area contributed by atoms with Crippen LogP contribution in [0.2, 0.25) is 0 Å². The van der Waals surface area contributed by atoms with Crippen molar-refractivity contribution < 1.29 is 31.1 Å². The second-order valence-corrected chi connectivity index (χ2v) is 10.4. The van der Waals surface area contributed by atoms with Crippen LogP contribution in [0, 0.1) is 23.6 Å². The molecule has 6 nitrogen and oxygen atoms in total. The van der Waals surface area contributed by atoms with Gasteiger partial charge in [-0.3, -0.25) is 9.59 Å². The first-order chi connectivity index (χ1) is 17.2. The molecule has 2 saturated carbocycles. The third-order valence-corrected chi connectivity index (χ3v) is 7.84. The number of nitrogens with zero attached hydrogens (tertiary/aromatic N) is 2. The second-order valence-electron chi connectivity index (χ2n) is 10.4. The van der Waals surface area contributed by atoms with Gasteiger partial charge >= 0.3 is 6.18 Å². The number of hydrogen-bond acceptors (Lipinski definition) is 4. The molecule has 1 aliphatic heterocycles. The number of anilines is 1. The zero-order valence-electron chi connectivity index (χ0n) is 20.2. The van der Waals surface area contributed by atoms with Crippen molar-refractivity contribution in [3.05, 3.63) is 63.3 Å². The van der Waals surface area contributed by atoms with E-state index in [9.17, 15) is 35.9 Å². The van der Waals surface area contributed by atoms with Gasteiger partial charge in [-0.2, -0.15) is 13.2 Å². The molecule has 37 heavy (non-hydrogen) atoms. The van der Waals surface area contributed by atoms with Crippen molar-refractivity contribution in [1.29, 1.82) is 0 Å². The first-order valence-electron chi connectivity index (χ1n) is 12.0. The van der Waals surface area contributed by atoms with Gasteiger partial charge in [-0.15, -0.1) is 0 Å². The van der Waals surface area contributed by atoms with Gasteiger partial charge in [0.2, 0.25) is 0 Å². The Labute approximate surface area is 208 Å². The van der Waals surface area contributed by atoms with Gasteiger partial charge in [0.05, 0.1) is 22.9 Å². The number of piperidine rings is 1. The number of benzene rings is 1. The molecule has 0 radical (unpaired) electrons. The minimum absolute atomic E-state index is 0.00220. The maximum Gasteiger partial charge on any atom is 0.419 e. The van der Waals surface area contributed by atoms with Gasteiger partial charge in [0.15, 0.2) is 0 Å². The first-order valence-corrected chi connectivity index (χ1v) is 12.0. The number of fused-ring (bicyclic) bond motifs is 1. The molecule has 3 fully saturated rings. The molecule has 0 unspecified atom stereocenters. The largest absolute Gasteiger partial charge is 0.419 e. The highest BCUT2D eigenvalue weighted by Crippen LogP contribution is 2.58. The Morgan fingerprint density at radius 3 is 2.38 bits per heavy atom. The Morgan fingerprint density at radius 1 is 1.19 bits per heavy atom. The lowest BCUT2D eigenvalue weighted by Gasteiger charge is -2.20. The van der Waals surface area contributed by atoms with Gasteiger partial charge < -0.3 is 20.1 Å². The van der Waals surface area contributed by atoms with Crippen LogP contribution < -0.4 is 16.2 Å². The van der Waals surface area contributed by atoms with E-state index in [1.807, 2.05) is 7.05 Å². The number of likely N-dealkylation sites (tertiary alicyclic amines) is 1. The van der Waals surface area contributed by atoms with Crippen LogP contribution in [0.4, 0.5) is 32.0 Å². The number of alkyl halides is 5. The van der Waals surface area contributed by atoms with Crippen LogP contribution in [0.15, 0.2) is 35.3 Å². The normalized spacial score (nSPS) is 28.9. The van der Waals surface area contributed by atoms with Crippen LogP contribution in [0.25, 0.3) is 0 Å². The summed E-state index contributed by atoms with van der Waals surface area (Å²) in [7, 11) is 1.98. The van der Waals surface area contributed by atoms with Gasteiger partial charge in [0.1, 0.15) is 11.9 Å². The maximum absolute atomic E-state index is 14.6. The fraction of sp³-hybridized carbons (Fsp3) is 0.520. The fourth-order valence-corrected chi connectivity index (χ4v) is 5.54. The smallest absolute Gasteiger partial charge is 0.381 e. The molecule has 200 valence electrons. The van der Waals surface area contributed by atoms with Crippen LogP contribution in [0.5, 0.6) is 0 Å². The topological polar surface area (TPSA) is 66.4 Å². The van der Waals surface area contributed by atoms with E-state index >= 15 is 0 Å². The summed E-state index contributed by atoms with van der Waals surface area (Å²) in [5.74, 6) is -5.92. The summed E-state index contributed by atoms with van der Waals surface area (Å²) in [6.45, 7) is 4.28. The van der Waals surface area contributed by atoms with Gasteiger partial charge in [-0.05, 0) is 31.9 Å². The lowest BCUT2D eigenvalue weighted by atomic mass is 10.0. The molecule has 2 heterocycles. The molecule has 1 saturated heterocycles. The number of aromatic nitrogens is 1. The maximum atomic E-state index is 14.6. The number of amides is 1. The van der Waals surface area contributed by atoms with E-state index in [0.29, 0.717) is 17.9 Å². The van der Waals surface area contributed by atoms with E-state index < -0.39 is 52.9 Å². The summed E-state index contributed by atoms with van der Waals surface area (Å²) in [6, 6.07) is 1.28. The van der Waals surface area contributed by atoms with Crippen LogP contribution in [0.3, 0.4) is 0 Å². The van der Waals surface area contributed by atoms with Crippen molar-refractivity contribution in [3.63, 3.8) is 0 Å². The number of carbonyl (C=O) groups is 1. The third-order valence-electron chi connectivity index (χ3n) is 7.84. The van der Waals surface area contributed by atoms with Gasteiger partial charge in [-0.1, -0.05) is 19.1 Å². The molecule has 0 spiro atoms. The number of nitrogens with one attached hydrogen (secondary N) is 2. The average Bonchev–Trinajstić information content (AvgIpc) is 3.47. The van der Waals surface area contributed by atoms with Crippen LogP contribution >= 0.6 is 0 Å². The quantitative estimate of drug-likeness (QED) is 0.549. The molecule has 3 aliphatic rings. The Bertz CT molecular complexity index is 1300. The first kappa shape index (κ1) is 25.6. The van der Waals surface area contributed by atoms with E-state index in [1.54, 1.807) is 0 Å².